The van der Waals surface area contributed by atoms with Crippen LogP contribution in [0.4, 0.5) is 13.2 Å². The number of amides is 1. The van der Waals surface area contributed by atoms with Gasteiger partial charge >= 0.3 is 6.18 Å². The molecule has 0 bridgehead atoms. The van der Waals surface area contributed by atoms with E-state index in [0.717, 1.165) is 10.0 Å². The Hall–Kier alpha value is -1.04. The summed E-state index contributed by atoms with van der Waals surface area (Å²) in [4.78, 5) is 13.7. The topological polar surface area (TPSA) is 20.3 Å². The molecule has 2 rings (SSSR count). The lowest BCUT2D eigenvalue weighted by atomic mass is 9.96. The van der Waals surface area contributed by atoms with Crippen molar-refractivity contribution in [1.82, 2.24) is 4.90 Å². The molecule has 1 heterocycles. The normalized spacial score (nSPS) is 20.1. The first-order valence-electron chi connectivity index (χ1n) is 6.42. The van der Waals surface area contributed by atoms with Gasteiger partial charge in [-0.25, -0.2) is 0 Å². The van der Waals surface area contributed by atoms with Crippen LogP contribution in [0.3, 0.4) is 0 Å². The second-order valence-corrected chi connectivity index (χ2v) is 5.90. The summed E-state index contributed by atoms with van der Waals surface area (Å²) in [5, 5.41) is 0. The van der Waals surface area contributed by atoms with Gasteiger partial charge in [0.1, 0.15) is 0 Å². The maximum atomic E-state index is 12.8. The van der Waals surface area contributed by atoms with Crippen molar-refractivity contribution < 1.29 is 18.0 Å². The molecule has 0 spiro atoms. The Bertz CT molecular complexity index is 516. The van der Waals surface area contributed by atoms with Crippen LogP contribution in [-0.2, 0) is 0 Å². The number of benzene rings is 1. The molecule has 0 aromatic heterocycles. The van der Waals surface area contributed by atoms with Crippen molar-refractivity contribution in [3.63, 3.8) is 0 Å². The van der Waals surface area contributed by atoms with E-state index in [0.29, 0.717) is 18.5 Å². The van der Waals surface area contributed by atoms with Crippen LogP contribution in [0.2, 0.25) is 0 Å². The minimum Gasteiger partial charge on any atom is -0.338 e. The molecular formula is C14H15BrF3NO. The number of piperidine rings is 1. The van der Waals surface area contributed by atoms with Crippen LogP contribution >= 0.6 is 15.9 Å². The van der Waals surface area contributed by atoms with E-state index >= 15 is 0 Å². The highest BCUT2D eigenvalue weighted by Crippen LogP contribution is 2.34. The largest absolute Gasteiger partial charge is 0.393 e. The van der Waals surface area contributed by atoms with E-state index in [1.807, 2.05) is 0 Å². The molecule has 0 saturated carbocycles. The van der Waals surface area contributed by atoms with Crippen LogP contribution in [0.5, 0.6) is 0 Å². The maximum Gasteiger partial charge on any atom is 0.393 e. The molecule has 1 unspecified atom stereocenters. The number of carbonyl (C=O) groups is 1. The van der Waals surface area contributed by atoms with Gasteiger partial charge in [0, 0.05) is 23.1 Å². The minimum absolute atomic E-state index is 0.102. The van der Waals surface area contributed by atoms with E-state index in [4.69, 9.17) is 0 Å². The monoisotopic (exact) mass is 349 g/mol. The van der Waals surface area contributed by atoms with Gasteiger partial charge in [-0.1, -0.05) is 22.0 Å². The standard InChI is InChI=1S/C14H15BrF3NO/c1-9-11(5-2-6-12(9)15)13(20)19-7-3-4-10(8-19)14(16,17)18/h2,5-6,10H,3-4,7-8H2,1H3. The van der Waals surface area contributed by atoms with Crippen LogP contribution < -0.4 is 0 Å². The van der Waals surface area contributed by atoms with Crippen LogP contribution in [0.25, 0.3) is 0 Å². The summed E-state index contributed by atoms with van der Waals surface area (Å²) in [6.07, 6.45) is -3.74. The quantitative estimate of drug-likeness (QED) is 0.744. The fourth-order valence-electron chi connectivity index (χ4n) is 2.44. The van der Waals surface area contributed by atoms with Gasteiger partial charge in [0.25, 0.3) is 5.91 Å². The fraction of sp³-hybridized carbons (Fsp3) is 0.500. The average Bonchev–Trinajstić information content (AvgIpc) is 2.40. The van der Waals surface area contributed by atoms with E-state index < -0.39 is 12.1 Å². The van der Waals surface area contributed by atoms with E-state index in [-0.39, 0.29) is 18.9 Å². The number of carbonyl (C=O) groups excluding carboxylic acids is 1. The first-order valence-corrected chi connectivity index (χ1v) is 7.21. The van der Waals surface area contributed by atoms with Gasteiger partial charge in [0.05, 0.1) is 5.92 Å². The zero-order valence-corrected chi connectivity index (χ0v) is 12.6. The molecule has 0 radical (unpaired) electrons. The molecule has 2 nitrogen and oxygen atoms in total. The van der Waals surface area contributed by atoms with Crippen LogP contribution in [0.1, 0.15) is 28.8 Å². The van der Waals surface area contributed by atoms with Crippen LogP contribution in [0.15, 0.2) is 22.7 Å². The Morgan fingerprint density at radius 2 is 2.10 bits per heavy atom. The Balaban J connectivity index is 2.19. The summed E-state index contributed by atoms with van der Waals surface area (Å²) in [6, 6.07) is 5.18. The van der Waals surface area contributed by atoms with Gasteiger partial charge in [0.2, 0.25) is 0 Å². The summed E-state index contributed by atoms with van der Waals surface area (Å²) in [7, 11) is 0. The van der Waals surface area contributed by atoms with Crippen molar-refractivity contribution in [2.24, 2.45) is 5.92 Å². The number of alkyl halides is 3. The smallest absolute Gasteiger partial charge is 0.338 e. The predicted molar refractivity (Wildman–Crippen MR) is 73.6 cm³/mol. The second kappa shape index (κ2) is 5.76. The maximum absolute atomic E-state index is 12.8. The van der Waals surface area contributed by atoms with E-state index in [1.165, 1.54) is 4.90 Å². The highest BCUT2D eigenvalue weighted by molar-refractivity contribution is 9.10. The molecular weight excluding hydrogens is 335 g/mol. The lowest BCUT2D eigenvalue weighted by Gasteiger charge is -2.34. The Morgan fingerprint density at radius 1 is 1.40 bits per heavy atom. The molecule has 110 valence electrons. The molecule has 1 aromatic carbocycles. The first-order chi connectivity index (χ1) is 9.30. The number of rotatable bonds is 1. The summed E-state index contributed by atoms with van der Waals surface area (Å²) in [5.74, 6) is -1.73. The highest BCUT2D eigenvalue weighted by Gasteiger charge is 2.42. The fourth-order valence-corrected chi connectivity index (χ4v) is 2.80. The van der Waals surface area contributed by atoms with E-state index in [1.54, 1.807) is 25.1 Å². The Morgan fingerprint density at radius 3 is 2.75 bits per heavy atom. The number of hydrogen-bond donors (Lipinski definition) is 0. The van der Waals surface area contributed by atoms with Gasteiger partial charge in [-0.2, -0.15) is 13.2 Å². The van der Waals surface area contributed by atoms with Crippen LogP contribution in [0, 0.1) is 12.8 Å². The molecule has 0 N–H and O–H groups in total. The Kier molecular flexibility index (Phi) is 4.42. The zero-order valence-electron chi connectivity index (χ0n) is 11.0. The highest BCUT2D eigenvalue weighted by atomic mass is 79.9. The Labute approximate surface area is 124 Å². The van der Waals surface area contributed by atoms with Gasteiger partial charge < -0.3 is 4.90 Å². The van der Waals surface area contributed by atoms with Crippen molar-refractivity contribution in [2.45, 2.75) is 25.9 Å². The summed E-state index contributed by atoms with van der Waals surface area (Å²) >= 11 is 3.33. The van der Waals surface area contributed by atoms with Gasteiger partial charge in [0.15, 0.2) is 0 Å². The third kappa shape index (κ3) is 3.16. The van der Waals surface area contributed by atoms with E-state index in [9.17, 15) is 18.0 Å². The van der Waals surface area contributed by atoms with E-state index in [2.05, 4.69) is 15.9 Å². The molecule has 1 aromatic rings. The van der Waals surface area contributed by atoms with Crippen molar-refractivity contribution in [1.29, 1.82) is 0 Å². The summed E-state index contributed by atoms with van der Waals surface area (Å²) < 4.78 is 39.1. The third-order valence-corrected chi connectivity index (χ3v) is 4.53. The molecule has 20 heavy (non-hydrogen) atoms. The second-order valence-electron chi connectivity index (χ2n) is 5.04. The molecule has 1 amide bonds. The predicted octanol–water partition coefficient (Wildman–Crippen LogP) is 4.17. The molecule has 1 saturated heterocycles. The molecule has 1 aliphatic rings. The number of likely N-dealkylation sites (tertiary alicyclic amines) is 1. The molecule has 0 aliphatic carbocycles. The minimum atomic E-state index is -4.23. The first kappa shape index (κ1) is 15.4. The molecule has 1 fully saturated rings. The average molecular weight is 350 g/mol. The third-order valence-electron chi connectivity index (χ3n) is 3.67. The van der Waals surface area contributed by atoms with Gasteiger partial charge in [-0.15, -0.1) is 0 Å². The summed E-state index contributed by atoms with van der Waals surface area (Å²) in [5.41, 5.74) is 1.22. The number of nitrogens with zero attached hydrogens (tertiary/aromatic N) is 1. The van der Waals surface area contributed by atoms with Gasteiger partial charge in [-0.05, 0) is 37.5 Å². The van der Waals surface area contributed by atoms with Crippen molar-refractivity contribution >= 4 is 21.8 Å². The zero-order chi connectivity index (χ0) is 14.9. The lowest BCUT2D eigenvalue weighted by molar-refractivity contribution is -0.184. The van der Waals surface area contributed by atoms with Crippen molar-refractivity contribution in [3.8, 4) is 0 Å². The molecule has 6 heteroatoms. The SMILES string of the molecule is Cc1c(Br)cccc1C(=O)N1CCCC(C(F)(F)F)C1. The number of halogens is 4. The molecule has 1 atom stereocenters. The summed E-state index contributed by atoms with van der Waals surface area (Å²) in [6.45, 7) is 1.92. The molecule has 1 aliphatic heterocycles. The van der Waals surface area contributed by atoms with Crippen molar-refractivity contribution in [3.05, 3.63) is 33.8 Å². The van der Waals surface area contributed by atoms with Crippen molar-refractivity contribution in [2.75, 3.05) is 13.1 Å². The number of hydrogen-bond acceptors (Lipinski definition) is 1. The van der Waals surface area contributed by atoms with Crippen LogP contribution in [-0.4, -0.2) is 30.1 Å². The lowest BCUT2D eigenvalue weighted by Crippen LogP contribution is -2.44. The van der Waals surface area contributed by atoms with Gasteiger partial charge in [-0.3, -0.25) is 4.79 Å².